The van der Waals surface area contributed by atoms with E-state index in [0.29, 0.717) is 10.6 Å². The van der Waals surface area contributed by atoms with Gasteiger partial charge in [0.2, 0.25) is 0 Å². The molecule has 15 heavy (non-hydrogen) atoms. The lowest BCUT2D eigenvalue weighted by atomic mass is 10.2. The Kier molecular flexibility index (Phi) is 3.12. The fraction of sp³-hybridized carbons (Fsp3) is 0.111. The first kappa shape index (κ1) is 10.8. The van der Waals surface area contributed by atoms with E-state index < -0.39 is 12.1 Å². The zero-order valence-electron chi connectivity index (χ0n) is 8.10. The van der Waals surface area contributed by atoms with Crippen LogP contribution in [-0.2, 0) is 0 Å². The standard InChI is InChI=1S/C9H11N3O3/c1-11-6-3-2-4-7(5-6)12(8(10)13)9(14)15/h2-5,11H,1H3,(H2,10,13)(H,14,15). The van der Waals surface area contributed by atoms with Gasteiger partial charge in [0.25, 0.3) is 0 Å². The number of nitrogens with zero attached hydrogens (tertiary/aromatic N) is 1. The van der Waals surface area contributed by atoms with Gasteiger partial charge in [-0.15, -0.1) is 0 Å². The van der Waals surface area contributed by atoms with Crippen molar-refractivity contribution in [3.8, 4) is 0 Å². The summed E-state index contributed by atoms with van der Waals surface area (Å²) in [5.41, 5.74) is 5.85. The number of nitrogens with two attached hydrogens (primary N) is 1. The van der Waals surface area contributed by atoms with Gasteiger partial charge in [-0.25, -0.2) is 9.59 Å². The number of urea groups is 1. The van der Waals surface area contributed by atoms with Gasteiger partial charge in [-0.05, 0) is 18.2 Å². The predicted molar refractivity (Wildman–Crippen MR) is 56.1 cm³/mol. The van der Waals surface area contributed by atoms with E-state index in [2.05, 4.69) is 5.32 Å². The zero-order chi connectivity index (χ0) is 11.4. The van der Waals surface area contributed by atoms with Gasteiger partial charge in [-0.2, -0.15) is 4.90 Å². The van der Waals surface area contributed by atoms with Gasteiger partial charge in [0.15, 0.2) is 0 Å². The Morgan fingerprint density at radius 1 is 1.47 bits per heavy atom. The number of primary amides is 1. The summed E-state index contributed by atoms with van der Waals surface area (Å²) in [7, 11) is 1.69. The lowest BCUT2D eigenvalue weighted by molar-refractivity contribution is 0.200. The molecule has 0 saturated carbocycles. The molecule has 1 aromatic carbocycles. The maximum atomic E-state index is 10.9. The molecule has 4 N–H and O–H groups in total. The number of anilines is 2. The number of nitrogens with one attached hydrogen (secondary N) is 1. The quantitative estimate of drug-likeness (QED) is 0.683. The van der Waals surface area contributed by atoms with Crippen molar-refractivity contribution in [2.75, 3.05) is 17.3 Å². The second kappa shape index (κ2) is 4.32. The molecule has 0 atom stereocenters. The number of amides is 3. The number of benzene rings is 1. The fourth-order valence-electron chi connectivity index (χ4n) is 1.13. The molecule has 0 heterocycles. The second-order valence-corrected chi connectivity index (χ2v) is 2.76. The molecule has 6 heteroatoms. The third kappa shape index (κ3) is 2.37. The molecule has 0 fully saturated rings. The third-order valence-electron chi connectivity index (χ3n) is 1.80. The molecule has 0 aliphatic rings. The predicted octanol–water partition coefficient (Wildman–Crippen LogP) is 1.29. The minimum atomic E-state index is -1.41. The minimum Gasteiger partial charge on any atom is -0.464 e. The normalized spacial score (nSPS) is 9.40. The summed E-state index contributed by atoms with van der Waals surface area (Å²) >= 11 is 0. The zero-order valence-corrected chi connectivity index (χ0v) is 8.10. The van der Waals surface area contributed by atoms with Crippen molar-refractivity contribution in [3.63, 3.8) is 0 Å². The molecule has 0 bridgehead atoms. The summed E-state index contributed by atoms with van der Waals surface area (Å²) in [5.74, 6) is 0. The van der Waals surface area contributed by atoms with Crippen LogP contribution in [0.15, 0.2) is 24.3 Å². The SMILES string of the molecule is CNc1cccc(N(C(N)=O)C(=O)O)c1. The van der Waals surface area contributed by atoms with Crippen LogP contribution in [0, 0.1) is 0 Å². The summed E-state index contributed by atoms with van der Waals surface area (Å²) in [6.45, 7) is 0. The molecule has 1 rings (SSSR count). The van der Waals surface area contributed by atoms with E-state index in [1.165, 1.54) is 12.1 Å². The van der Waals surface area contributed by atoms with Gasteiger partial charge >= 0.3 is 12.1 Å². The van der Waals surface area contributed by atoms with Crippen LogP contribution in [0.4, 0.5) is 21.0 Å². The lowest BCUT2D eigenvalue weighted by Gasteiger charge is -2.15. The topological polar surface area (TPSA) is 95.7 Å². The van der Waals surface area contributed by atoms with Crippen molar-refractivity contribution in [1.82, 2.24) is 0 Å². The Balaban J connectivity index is 3.11. The van der Waals surface area contributed by atoms with Crippen molar-refractivity contribution in [2.45, 2.75) is 0 Å². The largest absolute Gasteiger partial charge is 0.464 e. The average molecular weight is 209 g/mol. The van der Waals surface area contributed by atoms with E-state index in [9.17, 15) is 9.59 Å². The van der Waals surface area contributed by atoms with Crippen LogP contribution < -0.4 is 16.0 Å². The summed E-state index contributed by atoms with van der Waals surface area (Å²) < 4.78 is 0. The van der Waals surface area contributed by atoms with E-state index in [0.717, 1.165) is 0 Å². The minimum absolute atomic E-state index is 0.210. The van der Waals surface area contributed by atoms with Gasteiger partial charge in [-0.3, -0.25) is 0 Å². The Morgan fingerprint density at radius 2 is 2.13 bits per heavy atom. The number of carboxylic acid groups (broad SMARTS) is 1. The van der Waals surface area contributed by atoms with E-state index in [-0.39, 0.29) is 5.69 Å². The Bertz CT molecular complexity index is 378. The molecular formula is C9H11N3O3. The molecule has 80 valence electrons. The molecule has 0 aromatic heterocycles. The van der Waals surface area contributed by atoms with Gasteiger partial charge in [-0.1, -0.05) is 6.07 Å². The number of hydrogen-bond donors (Lipinski definition) is 3. The molecule has 0 radical (unpaired) electrons. The van der Waals surface area contributed by atoms with Crippen molar-refractivity contribution in [3.05, 3.63) is 24.3 Å². The summed E-state index contributed by atoms with van der Waals surface area (Å²) in [6, 6.07) is 5.33. The van der Waals surface area contributed by atoms with Crippen LogP contribution in [0.1, 0.15) is 0 Å². The van der Waals surface area contributed by atoms with Crippen molar-refractivity contribution in [2.24, 2.45) is 5.73 Å². The summed E-state index contributed by atoms with van der Waals surface area (Å²) in [6.07, 6.45) is -1.41. The Morgan fingerprint density at radius 3 is 2.60 bits per heavy atom. The van der Waals surface area contributed by atoms with Gasteiger partial charge in [0.05, 0.1) is 5.69 Å². The molecule has 6 nitrogen and oxygen atoms in total. The molecule has 1 aromatic rings. The average Bonchev–Trinajstić information content (AvgIpc) is 2.17. The maximum Gasteiger partial charge on any atom is 0.420 e. The van der Waals surface area contributed by atoms with Crippen LogP contribution in [-0.4, -0.2) is 24.3 Å². The van der Waals surface area contributed by atoms with E-state index in [4.69, 9.17) is 10.8 Å². The maximum absolute atomic E-state index is 10.9. The third-order valence-corrected chi connectivity index (χ3v) is 1.80. The summed E-state index contributed by atoms with van der Waals surface area (Å²) in [5, 5.41) is 11.6. The number of carbonyl (C=O) groups is 2. The van der Waals surface area contributed by atoms with Crippen LogP contribution >= 0.6 is 0 Å². The van der Waals surface area contributed by atoms with E-state index in [1.54, 1.807) is 19.2 Å². The highest BCUT2D eigenvalue weighted by atomic mass is 16.4. The van der Waals surface area contributed by atoms with Gasteiger partial charge < -0.3 is 16.2 Å². The van der Waals surface area contributed by atoms with Gasteiger partial charge in [0, 0.05) is 12.7 Å². The van der Waals surface area contributed by atoms with Crippen molar-refractivity contribution < 1.29 is 14.7 Å². The molecular weight excluding hydrogens is 198 g/mol. The number of hydrogen-bond acceptors (Lipinski definition) is 3. The highest BCUT2D eigenvalue weighted by Gasteiger charge is 2.19. The molecule has 0 spiro atoms. The molecule has 0 unspecified atom stereocenters. The number of imide groups is 1. The monoisotopic (exact) mass is 209 g/mol. The van der Waals surface area contributed by atoms with Crippen LogP contribution in [0.3, 0.4) is 0 Å². The molecule has 0 aliphatic heterocycles. The van der Waals surface area contributed by atoms with E-state index in [1.807, 2.05) is 0 Å². The van der Waals surface area contributed by atoms with Crippen molar-refractivity contribution in [1.29, 1.82) is 0 Å². The van der Waals surface area contributed by atoms with Crippen LogP contribution in [0.2, 0.25) is 0 Å². The molecule has 0 saturated heterocycles. The van der Waals surface area contributed by atoms with E-state index >= 15 is 0 Å². The first-order valence-corrected chi connectivity index (χ1v) is 4.16. The fourth-order valence-corrected chi connectivity index (χ4v) is 1.13. The van der Waals surface area contributed by atoms with Crippen molar-refractivity contribution >= 4 is 23.5 Å². The Hall–Kier alpha value is -2.24. The van der Waals surface area contributed by atoms with Crippen LogP contribution in [0.25, 0.3) is 0 Å². The Labute approximate surface area is 86.3 Å². The van der Waals surface area contributed by atoms with Crippen LogP contribution in [0.5, 0.6) is 0 Å². The first-order valence-electron chi connectivity index (χ1n) is 4.16. The highest BCUT2D eigenvalue weighted by molar-refractivity contribution is 6.10. The second-order valence-electron chi connectivity index (χ2n) is 2.76. The van der Waals surface area contributed by atoms with Gasteiger partial charge in [0.1, 0.15) is 0 Å². The summed E-state index contributed by atoms with van der Waals surface area (Å²) in [4.78, 5) is 22.1. The lowest BCUT2D eigenvalue weighted by Crippen LogP contribution is -2.39. The highest BCUT2D eigenvalue weighted by Crippen LogP contribution is 2.19. The first-order chi connectivity index (χ1) is 7.06. The molecule has 0 aliphatic carbocycles. The smallest absolute Gasteiger partial charge is 0.420 e. The number of rotatable bonds is 2. The number of carbonyl (C=O) groups excluding carboxylic acids is 1. The molecule has 3 amide bonds.